The van der Waals surface area contributed by atoms with Gasteiger partial charge in [-0.1, -0.05) is 12.2 Å². The van der Waals surface area contributed by atoms with Gasteiger partial charge < -0.3 is 15.1 Å². The number of hydrogen-bond acceptors (Lipinski definition) is 3. The molecule has 1 atom stereocenters. The molecule has 2 saturated heterocycles. The number of likely N-dealkylation sites (tertiary alicyclic amines) is 1. The fourth-order valence-corrected chi connectivity index (χ4v) is 3.45. The van der Waals surface area contributed by atoms with Gasteiger partial charge in [0.25, 0.3) is 0 Å². The highest BCUT2D eigenvalue weighted by atomic mass is 127. The highest BCUT2D eigenvalue weighted by Gasteiger charge is 2.30. The van der Waals surface area contributed by atoms with Crippen LogP contribution in [0.3, 0.4) is 0 Å². The van der Waals surface area contributed by atoms with Gasteiger partial charge in [-0.2, -0.15) is 0 Å². The number of rotatable bonds is 5. The zero-order valence-electron chi connectivity index (χ0n) is 15.9. The molecule has 6 nitrogen and oxygen atoms in total. The molecule has 0 aromatic carbocycles. The highest BCUT2D eigenvalue weighted by molar-refractivity contribution is 14.0. The fourth-order valence-electron chi connectivity index (χ4n) is 3.45. The molecule has 2 aliphatic heterocycles. The number of allylic oxidation sites excluding steroid dienone is 1. The summed E-state index contributed by atoms with van der Waals surface area (Å²) in [6.07, 6.45) is 7.55. The number of carbonyl (C=O) groups excluding carboxylic acids is 1. The molecule has 1 N–H and O–H groups in total. The quantitative estimate of drug-likeness (QED) is 0.222. The maximum Gasteiger partial charge on any atom is 0.239 e. The monoisotopic (exact) mass is 463 g/mol. The van der Waals surface area contributed by atoms with Crippen molar-refractivity contribution < 1.29 is 4.79 Å². The summed E-state index contributed by atoms with van der Waals surface area (Å²) >= 11 is 0. The van der Waals surface area contributed by atoms with Crippen molar-refractivity contribution in [3.8, 4) is 0 Å². The molecule has 0 spiro atoms. The van der Waals surface area contributed by atoms with Gasteiger partial charge in [0.2, 0.25) is 5.91 Å². The van der Waals surface area contributed by atoms with Crippen molar-refractivity contribution in [2.75, 3.05) is 52.9 Å². The number of nitrogens with zero attached hydrogens (tertiary/aromatic N) is 4. The second-order valence-corrected chi connectivity index (χ2v) is 6.56. The lowest BCUT2D eigenvalue weighted by Crippen LogP contribution is -2.57. The Labute approximate surface area is 169 Å². The Bertz CT molecular complexity index is 454. The van der Waals surface area contributed by atoms with Crippen molar-refractivity contribution in [2.24, 2.45) is 4.99 Å². The van der Waals surface area contributed by atoms with Crippen LogP contribution in [-0.4, -0.2) is 85.5 Å². The Morgan fingerprint density at radius 2 is 1.76 bits per heavy atom. The number of guanidine groups is 1. The van der Waals surface area contributed by atoms with Crippen LogP contribution in [0, 0.1) is 0 Å². The van der Waals surface area contributed by atoms with Crippen LogP contribution in [0.4, 0.5) is 0 Å². The molecule has 2 fully saturated rings. The topological polar surface area (TPSA) is 51.2 Å². The van der Waals surface area contributed by atoms with Crippen LogP contribution >= 0.6 is 24.0 Å². The minimum atomic E-state index is -0.00471. The summed E-state index contributed by atoms with van der Waals surface area (Å²) in [5, 5.41) is 3.42. The van der Waals surface area contributed by atoms with Gasteiger partial charge in [0.05, 0.1) is 6.04 Å². The van der Waals surface area contributed by atoms with Crippen LogP contribution in [0.2, 0.25) is 0 Å². The number of nitrogens with one attached hydrogen (secondary N) is 1. The number of piperazine rings is 1. The van der Waals surface area contributed by atoms with E-state index >= 15 is 0 Å². The molecule has 144 valence electrons. The molecule has 2 aliphatic rings. The van der Waals surface area contributed by atoms with Crippen LogP contribution in [0.5, 0.6) is 0 Å². The maximum absolute atomic E-state index is 12.5. The summed E-state index contributed by atoms with van der Waals surface area (Å²) in [7, 11) is 1.84. The molecule has 0 aliphatic carbocycles. The molecule has 1 unspecified atom stereocenters. The Morgan fingerprint density at radius 3 is 2.32 bits per heavy atom. The molecule has 25 heavy (non-hydrogen) atoms. The Morgan fingerprint density at radius 1 is 1.12 bits per heavy atom. The predicted molar refractivity (Wildman–Crippen MR) is 115 cm³/mol. The number of halogens is 1. The number of aliphatic imine (C=N–C) groups is 1. The molecule has 0 aromatic heterocycles. The molecular formula is C18H34IN5O. The van der Waals surface area contributed by atoms with E-state index in [2.05, 4.69) is 39.2 Å². The van der Waals surface area contributed by atoms with E-state index in [1.807, 2.05) is 18.9 Å². The highest BCUT2D eigenvalue weighted by Crippen LogP contribution is 2.14. The maximum atomic E-state index is 12.5. The molecule has 0 aromatic rings. The van der Waals surface area contributed by atoms with Crippen molar-refractivity contribution in [1.29, 1.82) is 0 Å². The van der Waals surface area contributed by atoms with E-state index in [0.29, 0.717) is 5.91 Å². The first-order chi connectivity index (χ1) is 11.7. The normalized spacial score (nSPS) is 20.7. The minimum Gasteiger partial charge on any atom is -0.356 e. The Balaban J connectivity index is 0.00000312. The summed E-state index contributed by atoms with van der Waals surface area (Å²) in [6.45, 7) is 10.5. The van der Waals surface area contributed by atoms with Gasteiger partial charge in [0, 0.05) is 52.9 Å². The van der Waals surface area contributed by atoms with E-state index in [1.165, 1.54) is 0 Å². The predicted octanol–water partition coefficient (Wildman–Crippen LogP) is 1.77. The lowest BCUT2D eigenvalue weighted by atomic mass is 10.2. The third kappa shape index (κ3) is 6.44. The van der Waals surface area contributed by atoms with Crippen LogP contribution in [0.15, 0.2) is 17.1 Å². The van der Waals surface area contributed by atoms with Crippen molar-refractivity contribution in [3.63, 3.8) is 0 Å². The molecule has 0 saturated carbocycles. The minimum absolute atomic E-state index is 0. The van der Waals surface area contributed by atoms with Gasteiger partial charge >= 0.3 is 0 Å². The second kappa shape index (κ2) is 11.7. The average Bonchev–Trinajstić information content (AvgIpc) is 3.15. The van der Waals surface area contributed by atoms with Gasteiger partial charge in [-0.15, -0.1) is 24.0 Å². The van der Waals surface area contributed by atoms with Gasteiger partial charge in [-0.05, 0) is 33.1 Å². The Hall–Kier alpha value is -0.830. The van der Waals surface area contributed by atoms with E-state index in [0.717, 1.165) is 71.0 Å². The van der Waals surface area contributed by atoms with E-state index in [1.54, 1.807) is 0 Å². The van der Waals surface area contributed by atoms with Crippen molar-refractivity contribution in [1.82, 2.24) is 20.0 Å². The van der Waals surface area contributed by atoms with E-state index in [4.69, 9.17) is 0 Å². The van der Waals surface area contributed by atoms with Crippen molar-refractivity contribution >= 4 is 35.8 Å². The second-order valence-electron chi connectivity index (χ2n) is 6.56. The largest absolute Gasteiger partial charge is 0.356 e. The van der Waals surface area contributed by atoms with E-state index in [-0.39, 0.29) is 30.0 Å². The zero-order chi connectivity index (χ0) is 17.4. The molecule has 2 rings (SSSR count). The van der Waals surface area contributed by atoms with Crippen LogP contribution < -0.4 is 5.32 Å². The third-order valence-corrected chi connectivity index (χ3v) is 4.98. The van der Waals surface area contributed by atoms with Gasteiger partial charge in [0.1, 0.15) is 0 Å². The molecule has 1 amide bonds. The summed E-state index contributed by atoms with van der Waals surface area (Å²) in [5.74, 6) is 1.27. The van der Waals surface area contributed by atoms with Crippen molar-refractivity contribution in [3.05, 3.63) is 12.2 Å². The number of hydrogen-bond donors (Lipinski definition) is 1. The first-order valence-corrected chi connectivity index (χ1v) is 9.27. The third-order valence-electron chi connectivity index (χ3n) is 4.98. The summed E-state index contributed by atoms with van der Waals surface area (Å²) in [5.41, 5.74) is 0. The standard InChI is InChI=1S/C18H33N5O.HI/c1-4-5-6-9-20-18(19-3)23-14-12-21(13-15-23)16(2)17(24)22-10-7-8-11-22;/h4-5,16H,6-15H2,1-3H3,(H,19,20);1H/b5-4+;. The van der Waals surface area contributed by atoms with Gasteiger partial charge in [-0.3, -0.25) is 14.7 Å². The summed E-state index contributed by atoms with van der Waals surface area (Å²) in [6, 6.07) is -0.00471. The number of amides is 1. The molecule has 0 bridgehead atoms. The molecule has 0 radical (unpaired) electrons. The average molecular weight is 463 g/mol. The lowest BCUT2D eigenvalue weighted by molar-refractivity contribution is -0.135. The fraction of sp³-hybridized carbons (Fsp3) is 0.778. The molecular weight excluding hydrogens is 429 g/mol. The van der Waals surface area contributed by atoms with E-state index in [9.17, 15) is 4.79 Å². The van der Waals surface area contributed by atoms with Crippen LogP contribution in [-0.2, 0) is 4.79 Å². The zero-order valence-corrected chi connectivity index (χ0v) is 18.2. The Kier molecular flexibility index (Phi) is 10.4. The van der Waals surface area contributed by atoms with E-state index < -0.39 is 0 Å². The first kappa shape index (κ1) is 22.2. The summed E-state index contributed by atoms with van der Waals surface area (Å²) < 4.78 is 0. The number of carbonyl (C=O) groups is 1. The molecule has 7 heteroatoms. The first-order valence-electron chi connectivity index (χ1n) is 9.27. The van der Waals surface area contributed by atoms with Gasteiger partial charge in [0.15, 0.2) is 5.96 Å². The smallest absolute Gasteiger partial charge is 0.239 e. The SMILES string of the molecule is C/C=C/CCNC(=NC)N1CCN(C(C)C(=O)N2CCCC2)CC1.I. The van der Waals surface area contributed by atoms with Crippen LogP contribution in [0.1, 0.15) is 33.1 Å². The van der Waals surface area contributed by atoms with Crippen molar-refractivity contribution in [2.45, 2.75) is 39.2 Å². The van der Waals surface area contributed by atoms with Crippen LogP contribution in [0.25, 0.3) is 0 Å². The molecule has 2 heterocycles. The summed E-state index contributed by atoms with van der Waals surface area (Å²) in [4.78, 5) is 23.6. The van der Waals surface area contributed by atoms with Gasteiger partial charge in [-0.25, -0.2) is 0 Å². The lowest BCUT2D eigenvalue weighted by Gasteiger charge is -2.39.